The van der Waals surface area contributed by atoms with E-state index in [4.69, 9.17) is 0 Å². The molecule has 0 unspecified atom stereocenters. The second-order valence-electron chi connectivity index (χ2n) is 6.09. The van der Waals surface area contributed by atoms with Crippen LogP contribution >= 0.6 is 27.7 Å². The number of amides is 1. The minimum atomic E-state index is -3.58. The van der Waals surface area contributed by atoms with Gasteiger partial charge in [0.05, 0.1) is 11.9 Å². The van der Waals surface area contributed by atoms with Crippen molar-refractivity contribution in [1.29, 1.82) is 0 Å². The van der Waals surface area contributed by atoms with Gasteiger partial charge in [-0.3, -0.25) is 9.10 Å². The molecule has 0 aromatic heterocycles. The van der Waals surface area contributed by atoms with Crippen LogP contribution in [-0.4, -0.2) is 39.4 Å². The molecular weight excluding hydrogens is 467 g/mol. The summed E-state index contributed by atoms with van der Waals surface area (Å²) in [7, 11) is -3.58. The number of nitrogens with zero attached hydrogens (tertiary/aromatic N) is 1. The lowest BCUT2D eigenvalue weighted by molar-refractivity contribution is -0.119. The minimum absolute atomic E-state index is 0.211. The molecule has 0 aliphatic rings. The van der Waals surface area contributed by atoms with Gasteiger partial charge in [-0.05, 0) is 48.1 Å². The molecule has 152 valence electrons. The predicted octanol–water partition coefficient (Wildman–Crippen LogP) is 3.79. The maximum Gasteiger partial charge on any atom is 0.240 e. The molecule has 1 amide bonds. The first-order valence-electron chi connectivity index (χ1n) is 8.58. The van der Waals surface area contributed by atoms with Crippen molar-refractivity contribution in [1.82, 2.24) is 5.32 Å². The van der Waals surface area contributed by atoms with Crippen LogP contribution in [-0.2, 0) is 20.6 Å². The number of anilines is 1. The molecule has 0 bridgehead atoms. The molecule has 1 N–H and O–H groups in total. The first-order chi connectivity index (χ1) is 13.3. The highest BCUT2D eigenvalue weighted by atomic mass is 79.9. The quantitative estimate of drug-likeness (QED) is 0.516. The number of carbonyl (C=O) groups is 1. The van der Waals surface area contributed by atoms with Gasteiger partial charge < -0.3 is 5.32 Å². The molecule has 2 aromatic carbocycles. The van der Waals surface area contributed by atoms with Crippen LogP contribution in [0.5, 0.6) is 0 Å². The third-order valence-electron chi connectivity index (χ3n) is 3.81. The van der Waals surface area contributed by atoms with Crippen LogP contribution in [0, 0.1) is 5.82 Å². The van der Waals surface area contributed by atoms with E-state index in [9.17, 15) is 17.6 Å². The number of rotatable bonds is 10. The molecule has 28 heavy (non-hydrogen) atoms. The molecule has 2 rings (SSSR count). The van der Waals surface area contributed by atoms with Crippen LogP contribution in [0.2, 0.25) is 0 Å². The Kier molecular flexibility index (Phi) is 8.78. The smallest absolute Gasteiger partial charge is 0.240 e. The Bertz CT molecular complexity index is 892. The van der Waals surface area contributed by atoms with E-state index in [0.717, 1.165) is 20.8 Å². The van der Waals surface area contributed by atoms with E-state index in [1.807, 2.05) is 0 Å². The van der Waals surface area contributed by atoms with Crippen LogP contribution < -0.4 is 9.62 Å². The molecular formula is C19H22BrFN2O3S2. The van der Waals surface area contributed by atoms with Crippen molar-refractivity contribution in [2.45, 2.75) is 12.2 Å². The number of hydrogen-bond donors (Lipinski definition) is 1. The summed E-state index contributed by atoms with van der Waals surface area (Å²) in [5.41, 5.74) is 1.09. The summed E-state index contributed by atoms with van der Waals surface area (Å²) in [6.07, 6.45) is 1.78. The van der Waals surface area contributed by atoms with Crippen molar-refractivity contribution in [3.63, 3.8) is 0 Å². The Morgan fingerprint density at radius 1 is 1.18 bits per heavy atom. The predicted molar refractivity (Wildman–Crippen MR) is 117 cm³/mol. The largest absolute Gasteiger partial charge is 0.354 e. The second-order valence-corrected chi connectivity index (χ2v) is 10.0. The molecule has 5 nitrogen and oxygen atoms in total. The van der Waals surface area contributed by atoms with Crippen molar-refractivity contribution in [3.8, 4) is 0 Å². The molecule has 0 spiro atoms. The van der Waals surface area contributed by atoms with Crippen molar-refractivity contribution in [2.24, 2.45) is 0 Å². The molecule has 0 heterocycles. The van der Waals surface area contributed by atoms with Crippen LogP contribution in [0.15, 0.2) is 53.0 Å². The minimum Gasteiger partial charge on any atom is -0.354 e. The lowest BCUT2D eigenvalue weighted by Crippen LogP contribution is -2.40. The highest BCUT2D eigenvalue weighted by Gasteiger charge is 2.20. The Morgan fingerprint density at radius 2 is 1.86 bits per heavy atom. The zero-order valence-electron chi connectivity index (χ0n) is 15.4. The summed E-state index contributed by atoms with van der Waals surface area (Å²) >= 11 is 4.89. The van der Waals surface area contributed by atoms with E-state index in [2.05, 4.69) is 21.2 Å². The number of halogens is 2. The van der Waals surface area contributed by atoms with Gasteiger partial charge in [-0.1, -0.05) is 34.1 Å². The number of carbonyl (C=O) groups excluding carboxylic acids is 1. The van der Waals surface area contributed by atoms with Gasteiger partial charge in [0.15, 0.2) is 0 Å². The maximum absolute atomic E-state index is 13.5. The van der Waals surface area contributed by atoms with Gasteiger partial charge >= 0.3 is 0 Å². The van der Waals surface area contributed by atoms with Gasteiger partial charge in [0, 0.05) is 16.8 Å². The molecule has 0 saturated heterocycles. The summed E-state index contributed by atoms with van der Waals surface area (Å²) in [6, 6.07) is 13.4. The van der Waals surface area contributed by atoms with Crippen molar-refractivity contribution in [3.05, 3.63) is 64.4 Å². The molecule has 0 aliphatic carbocycles. The summed E-state index contributed by atoms with van der Waals surface area (Å²) in [5.74, 6) is 0.757. The molecule has 0 saturated carbocycles. The van der Waals surface area contributed by atoms with Gasteiger partial charge in [-0.2, -0.15) is 11.8 Å². The monoisotopic (exact) mass is 488 g/mol. The van der Waals surface area contributed by atoms with Crippen LogP contribution in [0.4, 0.5) is 10.1 Å². The second kappa shape index (κ2) is 10.8. The summed E-state index contributed by atoms with van der Waals surface area (Å²) in [5, 5.41) is 2.73. The van der Waals surface area contributed by atoms with Gasteiger partial charge in [-0.25, -0.2) is 12.8 Å². The van der Waals surface area contributed by atoms with E-state index in [-0.39, 0.29) is 18.3 Å². The Balaban J connectivity index is 1.75. The Hall–Kier alpha value is -1.58. The first kappa shape index (κ1) is 22.7. The maximum atomic E-state index is 13.5. The zero-order chi connectivity index (χ0) is 20.6. The number of thioether (sulfide) groups is 1. The number of hydrogen-bond acceptors (Lipinski definition) is 4. The fourth-order valence-electron chi connectivity index (χ4n) is 2.39. The number of nitrogens with one attached hydrogen (secondary N) is 1. The first-order valence-corrected chi connectivity index (χ1v) is 12.4. The zero-order valence-corrected chi connectivity index (χ0v) is 18.6. The third-order valence-corrected chi connectivity index (χ3v) is 6.57. The molecule has 9 heteroatoms. The highest BCUT2D eigenvalue weighted by Crippen LogP contribution is 2.20. The van der Waals surface area contributed by atoms with E-state index in [1.54, 1.807) is 54.2 Å². The summed E-state index contributed by atoms with van der Waals surface area (Å²) < 4.78 is 39.5. The molecule has 2 aromatic rings. The van der Waals surface area contributed by atoms with Crippen molar-refractivity contribution >= 4 is 49.3 Å². The van der Waals surface area contributed by atoms with E-state index < -0.39 is 10.0 Å². The average Bonchev–Trinajstić information content (AvgIpc) is 2.64. The molecule has 0 atom stereocenters. The van der Waals surface area contributed by atoms with Crippen molar-refractivity contribution in [2.75, 3.05) is 29.4 Å². The number of benzene rings is 2. The van der Waals surface area contributed by atoms with E-state index in [1.165, 1.54) is 6.07 Å². The number of sulfonamides is 1. The van der Waals surface area contributed by atoms with Gasteiger partial charge in [0.1, 0.15) is 12.4 Å². The lowest BCUT2D eigenvalue weighted by Gasteiger charge is -2.22. The fourth-order valence-corrected chi connectivity index (χ4v) is 4.46. The lowest BCUT2D eigenvalue weighted by atomic mass is 10.2. The van der Waals surface area contributed by atoms with E-state index in [0.29, 0.717) is 30.0 Å². The fraction of sp³-hybridized carbons (Fsp3) is 0.316. The Labute approximate surface area is 177 Å². The third kappa shape index (κ3) is 7.44. The van der Waals surface area contributed by atoms with E-state index >= 15 is 0 Å². The Morgan fingerprint density at radius 3 is 2.50 bits per heavy atom. The highest BCUT2D eigenvalue weighted by molar-refractivity contribution is 9.10. The molecule has 0 fully saturated rings. The molecule has 0 radical (unpaired) electrons. The van der Waals surface area contributed by atoms with Crippen molar-refractivity contribution < 1.29 is 17.6 Å². The van der Waals surface area contributed by atoms with Gasteiger partial charge in [0.25, 0.3) is 0 Å². The summed E-state index contributed by atoms with van der Waals surface area (Å²) in [4.78, 5) is 12.2. The van der Waals surface area contributed by atoms with Gasteiger partial charge in [0.2, 0.25) is 15.9 Å². The standard InChI is InChI=1S/C19H22BrFN2O3S2/c1-28(25,26)23(17-9-7-16(20)8-10-17)13-19(24)22-11-4-12-27-14-15-5-2-3-6-18(15)21/h2-3,5-10H,4,11-14H2,1H3,(H,22,24). The van der Waals surface area contributed by atoms with Crippen LogP contribution in [0.25, 0.3) is 0 Å². The normalized spacial score (nSPS) is 11.2. The SMILES string of the molecule is CS(=O)(=O)N(CC(=O)NCCCSCc1ccccc1F)c1ccc(Br)cc1. The average molecular weight is 489 g/mol. The summed E-state index contributed by atoms with van der Waals surface area (Å²) in [6.45, 7) is 0.157. The van der Waals surface area contributed by atoms with Crippen LogP contribution in [0.3, 0.4) is 0 Å². The molecule has 0 aliphatic heterocycles. The van der Waals surface area contributed by atoms with Gasteiger partial charge in [-0.15, -0.1) is 0 Å². The van der Waals surface area contributed by atoms with Crippen LogP contribution in [0.1, 0.15) is 12.0 Å². The topological polar surface area (TPSA) is 66.5 Å².